The first-order valence-electron chi connectivity index (χ1n) is 11.2. The van der Waals surface area contributed by atoms with Crippen molar-refractivity contribution in [3.63, 3.8) is 0 Å². The van der Waals surface area contributed by atoms with Gasteiger partial charge < -0.3 is 25.5 Å². The summed E-state index contributed by atoms with van der Waals surface area (Å²) in [6.07, 6.45) is 5.18. The van der Waals surface area contributed by atoms with Crippen molar-refractivity contribution in [3.05, 3.63) is 24.4 Å². The number of aliphatic hydroxyl groups is 1. The van der Waals surface area contributed by atoms with Crippen LogP contribution in [0.25, 0.3) is 0 Å². The fraction of sp³-hybridized carbons (Fsp3) is 0.682. The van der Waals surface area contributed by atoms with Crippen molar-refractivity contribution in [2.24, 2.45) is 10.9 Å². The van der Waals surface area contributed by atoms with Crippen molar-refractivity contribution in [1.82, 2.24) is 20.5 Å². The zero-order chi connectivity index (χ0) is 21.6. The van der Waals surface area contributed by atoms with Gasteiger partial charge in [0, 0.05) is 65.0 Å². The van der Waals surface area contributed by atoms with Gasteiger partial charge in [0.2, 0.25) is 5.91 Å². The Balaban J connectivity index is 0.00000480. The molecule has 1 aliphatic heterocycles. The smallest absolute Gasteiger partial charge is 0.224 e. The molecule has 1 aromatic rings. The minimum Gasteiger partial charge on any atom is -0.396 e. The van der Waals surface area contributed by atoms with E-state index in [1.807, 2.05) is 30.0 Å². The van der Waals surface area contributed by atoms with E-state index >= 15 is 0 Å². The predicted octanol–water partition coefficient (Wildman–Crippen LogP) is 2.09. The van der Waals surface area contributed by atoms with E-state index in [1.165, 1.54) is 0 Å². The van der Waals surface area contributed by atoms with Gasteiger partial charge >= 0.3 is 0 Å². The van der Waals surface area contributed by atoms with Gasteiger partial charge in [-0.1, -0.05) is 19.4 Å². The van der Waals surface area contributed by atoms with Gasteiger partial charge in [0.05, 0.1) is 0 Å². The zero-order valence-electron chi connectivity index (χ0n) is 18.9. The predicted molar refractivity (Wildman–Crippen MR) is 137 cm³/mol. The zero-order valence-corrected chi connectivity index (χ0v) is 21.3. The number of aromatic nitrogens is 1. The molecular weight excluding hydrogens is 507 g/mol. The van der Waals surface area contributed by atoms with E-state index in [0.717, 1.165) is 63.8 Å². The van der Waals surface area contributed by atoms with Crippen molar-refractivity contribution in [1.29, 1.82) is 0 Å². The lowest BCUT2D eigenvalue weighted by molar-refractivity contribution is -0.131. The molecule has 1 saturated heterocycles. The Labute approximate surface area is 203 Å². The Morgan fingerprint density at radius 1 is 1.19 bits per heavy atom. The number of hydrogen-bond donors (Lipinski definition) is 3. The topological polar surface area (TPSA) is 93.1 Å². The Bertz CT molecular complexity index is 632. The van der Waals surface area contributed by atoms with Crippen molar-refractivity contribution in [3.8, 4) is 0 Å². The molecule has 1 aliphatic rings. The number of aliphatic imine (C=N–C) groups is 1. The maximum absolute atomic E-state index is 12.6. The third-order valence-electron chi connectivity index (χ3n) is 5.32. The fourth-order valence-corrected chi connectivity index (χ4v) is 3.65. The Hall–Kier alpha value is -1.62. The van der Waals surface area contributed by atoms with Crippen molar-refractivity contribution in [2.75, 3.05) is 57.3 Å². The van der Waals surface area contributed by atoms with Crippen LogP contribution in [0.4, 0.5) is 5.82 Å². The number of carbonyl (C=O) groups is 1. The molecule has 0 spiro atoms. The van der Waals surface area contributed by atoms with Gasteiger partial charge in [-0.15, -0.1) is 24.0 Å². The quantitative estimate of drug-likeness (QED) is 0.224. The molecule has 1 atom stereocenters. The number of aliphatic hydroxyl groups excluding tert-OH is 1. The highest BCUT2D eigenvalue weighted by molar-refractivity contribution is 14.0. The number of nitrogens with zero attached hydrogens (tertiary/aromatic N) is 4. The number of pyridine rings is 1. The first-order chi connectivity index (χ1) is 14.7. The minimum atomic E-state index is 0. The lowest BCUT2D eigenvalue weighted by Crippen LogP contribution is -2.49. The molecule has 1 amide bonds. The summed E-state index contributed by atoms with van der Waals surface area (Å²) in [6.45, 7) is 9.47. The average Bonchev–Trinajstić information content (AvgIpc) is 2.78. The van der Waals surface area contributed by atoms with Gasteiger partial charge in [-0.2, -0.15) is 0 Å². The summed E-state index contributed by atoms with van der Waals surface area (Å²) in [5.41, 5.74) is 0. The van der Waals surface area contributed by atoms with E-state index in [2.05, 4.69) is 32.4 Å². The summed E-state index contributed by atoms with van der Waals surface area (Å²) in [5, 5.41) is 15.7. The fourth-order valence-electron chi connectivity index (χ4n) is 3.65. The van der Waals surface area contributed by atoms with Crippen molar-refractivity contribution < 1.29 is 9.90 Å². The van der Waals surface area contributed by atoms with Gasteiger partial charge in [-0.25, -0.2) is 4.98 Å². The Kier molecular flexibility index (Phi) is 14.2. The first-order valence-corrected chi connectivity index (χ1v) is 11.2. The second-order valence-electron chi connectivity index (χ2n) is 7.62. The second kappa shape index (κ2) is 16.1. The summed E-state index contributed by atoms with van der Waals surface area (Å²) >= 11 is 0. The second-order valence-corrected chi connectivity index (χ2v) is 7.62. The molecule has 0 aliphatic carbocycles. The van der Waals surface area contributed by atoms with Crippen molar-refractivity contribution in [2.45, 2.75) is 39.5 Å². The number of amides is 1. The molecule has 0 bridgehead atoms. The normalized spacial score (nSPS) is 15.3. The molecule has 8 nitrogen and oxygen atoms in total. The number of nitrogens with one attached hydrogen (secondary N) is 2. The molecule has 1 aromatic heterocycles. The average molecular weight is 546 g/mol. The molecule has 1 unspecified atom stereocenters. The summed E-state index contributed by atoms with van der Waals surface area (Å²) in [4.78, 5) is 25.8. The van der Waals surface area contributed by atoms with E-state index in [1.54, 1.807) is 6.20 Å². The number of halogens is 1. The van der Waals surface area contributed by atoms with E-state index in [0.29, 0.717) is 25.4 Å². The van der Waals surface area contributed by atoms with Crippen LogP contribution >= 0.6 is 24.0 Å². The molecule has 9 heteroatoms. The lowest BCUT2D eigenvalue weighted by Gasteiger charge is -2.35. The SMILES string of the molecule is CCCC(CCO)CN=C(NCC)NCCC(=O)N1CCN(c2ccccn2)CC1.I. The van der Waals surface area contributed by atoms with E-state index in [4.69, 9.17) is 0 Å². The summed E-state index contributed by atoms with van der Waals surface area (Å²) < 4.78 is 0. The molecule has 0 radical (unpaired) electrons. The number of guanidine groups is 1. The third kappa shape index (κ3) is 10.0. The van der Waals surface area contributed by atoms with Gasteiger partial charge in [0.15, 0.2) is 5.96 Å². The lowest BCUT2D eigenvalue weighted by atomic mass is 10.0. The van der Waals surface area contributed by atoms with Crippen LogP contribution in [0.3, 0.4) is 0 Å². The maximum Gasteiger partial charge on any atom is 0.224 e. The Morgan fingerprint density at radius 3 is 2.58 bits per heavy atom. The van der Waals surface area contributed by atoms with Crippen LogP contribution < -0.4 is 15.5 Å². The first kappa shape index (κ1) is 27.4. The molecule has 2 rings (SSSR count). The summed E-state index contributed by atoms with van der Waals surface area (Å²) in [6, 6.07) is 5.91. The molecule has 3 N–H and O–H groups in total. The van der Waals surface area contributed by atoms with Crippen LogP contribution in [0.15, 0.2) is 29.4 Å². The summed E-state index contributed by atoms with van der Waals surface area (Å²) in [5.74, 6) is 2.28. The third-order valence-corrected chi connectivity index (χ3v) is 5.32. The van der Waals surface area contributed by atoms with E-state index < -0.39 is 0 Å². The monoisotopic (exact) mass is 546 g/mol. The van der Waals surface area contributed by atoms with Crippen LogP contribution in [0, 0.1) is 5.92 Å². The summed E-state index contributed by atoms with van der Waals surface area (Å²) in [7, 11) is 0. The standard InChI is InChI=1S/C22H38N6O2.HI/c1-3-7-19(10-17-29)18-26-22(23-4-2)25-12-9-21(30)28-15-13-27(14-16-28)20-8-5-6-11-24-20;/h5-6,8,11,19,29H,3-4,7,9-10,12-18H2,1-2H3,(H2,23,25,26);1H. The van der Waals surface area contributed by atoms with Crippen LogP contribution in [0.5, 0.6) is 0 Å². The highest BCUT2D eigenvalue weighted by Crippen LogP contribution is 2.13. The number of rotatable bonds is 11. The largest absolute Gasteiger partial charge is 0.396 e. The number of anilines is 1. The van der Waals surface area contributed by atoms with Crippen LogP contribution in [-0.4, -0.2) is 79.3 Å². The van der Waals surface area contributed by atoms with Crippen LogP contribution in [0.1, 0.15) is 39.5 Å². The molecular formula is C22H39IN6O2. The van der Waals surface area contributed by atoms with Crippen LogP contribution in [-0.2, 0) is 4.79 Å². The van der Waals surface area contributed by atoms with Crippen LogP contribution in [0.2, 0.25) is 0 Å². The van der Waals surface area contributed by atoms with Gasteiger partial charge in [-0.05, 0) is 37.8 Å². The highest BCUT2D eigenvalue weighted by Gasteiger charge is 2.21. The molecule has 176 valence electrons. The maximum atomic E-state index is 12.6. The van der Waals surface area contributed by atoms with Gasteiger partial charge in [0.1, 0.15) is 5.82 Å². The van der Waals surface area contributed by atoms with Gasteiger partial charge in [-0.3, -0.25) is 9.79 Å². The number of hydrogen-bond acceptors (Lipinski definition) is 5. The van der Waals surface area contributed by atoms with E-state index in [-0.39, 0.29) is 36.5 Å². The molecule has 1 fully saturated rings. The number of carbonyl (C=O) groups excluding carboxylic acids is 1. The minimum absolute atomic E-state index is 0. The van der Waals surface area contributed by atoms with Crippen molar-refractivity contribution >= 4 is 41.7 Å². The molecule has 0 saturated carbocycles. The molecule has 2 heterocycles. The van der Waals surface area contributed by atoms with Gasteiger partial charge in [0.25, 0.3) is 0 Å². The Morgan fingerprint density at radius 2 is 1.97 bits per heavy atom. The molecule has 31 heavy (non-hydrogen) atoms. The molecule has 0 aromatic carbocycles. The highest BCUT2D eigenvalue weighted by atomic mass is 127. The van der Waals surface area contributed by atoms with E-state index in [9.17, 15) is 9.90 Å². The number of piperazine rings is 1.